The maximum atomic E-state index is 12.1. The summed E-state index contributed by atoms with van der Waals surface area (Å²) < 4.78 is 0. The van der Waals surface area contributed by atoms with Crippen molar-refractivity contribution in [2.75, 3.05) is 18.4 Å². The molecule has 0 aliphatic heterocycles. The SMILES string of the molecule is CC(C)c1nc(-c2ccccc2NC(=O)CNCC2CC2)n[nH]1. The van der Waals surface area contributed by atoms with Gasteiger partial charge in [-0.15, -0.1) is 0 Å². The van der Waals surface area contributed by atoms with Crippen LogP contribution >= 0.6 is 0 Å². The molecule has 0 spiro atoms. The molecule has 0 saturated heterocycles. The average Bonchev–Trinajstić information content (AvgIpc) is 3.21. The van der Waals surface area contributed by atoms with E-state index in [1.165, 1.54) is 12.8 Å². The number of carbonyl (C=O) groups is 1. The number of anilines is 1. The molecule has 0 unspecified atom stereocenters. The van der Waals surface area contributed by atoms with Gasteiger partial charge in [-0.25, -0.2) is 4.98 Å². The first-order valence-corrected chi connectivity index (χ1v) is 8.15. The van der Waals surface area contributed by atoms with Gasteiger partial charge in [0.15, 0.2) is 5.82 Å². The van der Waals surface area contributed by atoms with E-state index in [0.29, 0.717) is 12.4 Å². The van der Waals surface area contributed by atoms with E-state index >= 15 is 0 Å². The summed E-state index contributed by atoms with van der Waals surface area (Å²) in [7, 11) is 0. The van der Waals surface area contributed by atoms with Gasteiger partial charge in [-0.3, -0.25) is 9.89 Å². The van der Waals surface area contributed by atoms with Crippen molar-refractivity contribution < 1.29 is 4.79 Å². The Balaban J connectivity index is 1.67. The van der Waals surface area contributed by atoms with Crippen molar-refractivity contribution in [2.24, 2.45) is 5.92 Å². The smallest absolute Gasteiger partial charge is 0.238 e. The van der Waals surface area contributed by atoms with Crippen molar-refractivity contribution in [2.45, 2.75) is 32.6 Å². The molecule has 1 aromatic heterocycles. The molecule has 3 N–H and O–H groups in total. The Morgan fingerprint density at radius 1 is 1.35 bits per heavy atom. The summed E-state index contributed by atoms with van der Waals surface area (Å²) in [6, 6.07) is 7.61. The van der Waals surface area contributed by atoms with Gasteiger partial charge in [0, 0.05) is 11.5 Å². The van der Waals surface area contributed by atoms with Crippen LogP contribution in [0.2, 0.25) is 0 Å². The van der Waals surface area contributed by atoms with E-state index in [0.717, 1.165) is 29.5 Å². The molecule has 122 valence electrons. The van der Waals surface area contributed by atoms with Crippen molar-refractivity contribution >= 4 is 11.6 Å². The van der Waals surface area contributed by atoms with Crippen LogP contribution in [0.5, 0.6) is 0 Å². The lowest BCUT2D eigenvalue weighted by Gasteiger charge is -2.09. The number of nitrogens with zero attached hydrogens (tertiary/aromatic N) is 2. The summed E-state index contributed by atoms with van der Waals surface area (Å²) in [5.41, 5.74) is 1.56. The number of hydrogen-bond donors (Lipinski definition) is 3. The van der Waals surface area contributed by atoms with Crippen molar-refractivity contribution in [3.8, 4) is 11.4 Å². The zero-order chi connectivity index (χ0) is 16.2. The minimum Gasteiger partial charge on any atom is -0.324 e. The van der Waals surface area contributed by atoms with Gasteiger partial charge in [-0.1, -0.05) is 26.0 Å². The van der Waals surface area contributed by atoms with Gasteiger partial charge in [-0.2, -0.15) is 5.10 Å². The Morgan fingerprint density at radius 2 is 2.13 bits per heavy atom. The molecule has 1 aliphatic rings. The van der Waals surface area contributed by atoms with Crippen molar-refractivity contribution in [1.29, 1.82) is 0 Å². The van der Waals surface area contributed by atoms with Crippen LogP contribution < -0.4 is 10.6 Å². The highest BCUT2D eigenvalue weighted by Gasteiger charge is 2.20. The van der Waals surface area contributed by atoms with Gasteiger partial charge in [0.2, 0.25) is 5.91 Å². The largest absolute Gasteiger partial charge is 0.324 e. The average molecular weight is 313 g/mol. The molecule has 1 aliphatic carbocycles. The molecule has 6 heteroatoms. The highest BCUT2D eigenvalue weighted by molar-refractivity contribution is 5.95. The normalized spacial score (nSPS) is 14.2. The first-order chi connectivity index (χ1) is 11.1. The maximum absolute atomic E-state index is 12.1. The Labute approximate surface area is 136 Å². The molecule has 23 heavy (non-hydrogen) atoms. The lowest BCUT2D eigenvalue weighted by atomic mass is 10.1. The summed E-state index contributed by atoms with van der Waals surface area (Å²) in [4.78, 5) is 16.6. The predicted molar refractivity (Wildman–Crippen MR) is 90.1 cm³/mol. The fourth-order valence-corrected chi connectivity index (χ4v) is 2.35. The number of hydrogen-bond acceptors (Lipinski definition) is 4. The molecular weight excluding hydrogens is 290 g/mol. The van der Waals surface area contributed by atoms with E-state index < -0.39 is 0 Å². The molecular formula is C17H23N5O. The summed E-state index contributed by atoms with van der Waals surface area (Å²) in [5, 5.41) is 13.4. The van der Waals surface area contributed by atoms with E-state index in [2.05, 4.69) is 39.7 Å². The Hall–Kier alpha value is -2.21. The third-order valence-corrected chi connectivity index (χ3v) is 3.91. The van der Waals surface area contributed by atoms with E-state index in [4.69, 9.17) is 0 Å². The van der Waals surface area contributed by atoms with Crippen LogP contribution in [0.4, 0.5) is 5.69 Å². The Kier molecular flexibility index (Phi) is 4.71. The second-order valence-electron chi connectivity index (χ2n) is 6.37. The van der Waals surface area contributed by atoms with Gasteiger partial charge in [0.05, 0.1) is 12.2 Å². The lowest BCUT2D eigenvalue weighted by Crippen LogP contribution is -2.29. The van der Waals surface area contributed by atoms with E-state index in [-0.39, 0.29) is 11.8 Å². The maximum Gasteiger partial charge on any atom is 0.238 e. The van der Waals surface area contributed by atoms with Crippen molar-refractivity contribution in [1.82, 2.24) is 20.5 Å². The molecule has 1 saturated carbocycles. The quantitative estimate of drug-likeness (QED) is 0.733. The van der Waals surface area contributed by atoms with Crippen LogP contribution in [-0.2, 0) is 4.79 Å². The highest BCUT2D eigenvalue weighted by atomic mass is 16.1. The highest BCUT2D eigenvalue weighted by Crippen LogP contribution is 2.27. The van der Waals surface area contributed by atoms with Crippen LogP contribution in [0.15, 0.2) is 24.3 Å². The van der Waals surface area contributed by atoms with E-state index in [1.807, 2.05) is 24.3 Å². The van der Waals surface area contributed by atoms with Crippen LogP contribution in [-0.4, -0.2) is 34.2 Å². The number of H-pyrrole nitrogens is 1. The zero-order valence-corrected chi connectivity index (χ0v) is 13.6. The van der Waals surface area contributed by atoms with Gasteiger partial charge in [-0.05, 0) is 37.4 Å². The Bertz CT molecular complexity index is 675. The number of rotatable bonds is 7. The number of amides is 1. The third-order valence-electron chi connectivity index (χ3n) is 3.91. The predicted octanol–water partition coefficient (Wildman–Crippen LogP) is 2.53. The summed E-state index contributed by atoms with van der Waals surface area (Å²) in [5.74, 6) is 2.45. The second kappa shape index (κ2) is 6.91. The first-order valence-electron chi connectivity index (χ1n) is 8.15. The van der Waals surface area contributed by atoms with Gasteiger partial charge in [0.25, 0.3) is 0 Å². The van der Waals surface area contributed by atoms with Crippen LogP contribution in [0.1, 0.15) is 38.4 Å². The summed E-state index contributed by atoms with van der Waals surface area (Å²) in [6.45, 7) is 5.37. The fourth-order valence-electron chi connectivity index (χ4n) is 2.35. The van der Waals surface area contributed by atoms with Gasteiger partial charge in [0.1, 0.15) is 5.82 Å². The van der Waals surface area contributed by atoms with Gasteiger partial charge >= 0.3 is 0 Å². The molecule has 3 rings (SSSR count). The summed E-state index contributed by atoms with van der Waals surface area (Å²) in [6.07, 6.45) is 2.56. The first kappa shape index (κ1) is 15.7. The number of nitrogens with one attached hydrogen (secondary N) is 3. The number of aromatic amines is 1. The molecule has 6 nitrogen and oxygen atoms in total. The van der Waals surface area contributed by atoms with Crippen molar-refractivity contribution in [3.63, 3.8) is 0 Å². The lowest BCUT2D eigenvalue weighted by molar-refractivity contribution is -0.115. The minimum atomic E-state index is -0.0438. The molecule has 1 amide bonds. The van der Waals surface area contributed by atoms with E-state index in [1.54, 1.807) is 0 Å². The van der Waals surface area contributed by atoms with E-state index in [9.17, 15) is 4.79 Å². The van der Waals surface area contributed by atoms with Crippen LogP contribution in [0, 0.1) is 5.92 Å². The molecule has 2 aromatic rings. The van der Waals surface area contributed by atoms with Crippen LogP contribution in [0.25, 0.3) is 11.4 Å². The minimum absolute atomic E-state index is 0.0438. The molecule has 1 heterocycles. The second-order valence-corrected chi connectivity index (χ2v) is 6.37. The number of para-hydroxylation sites is 1. The third kappa shape index (κ3) is 4.16. The summed E-state index contributed by atoms with van der Waals surface area (Å²) >= 11 is 0. The molecule has 0 radical (unpaired) electrons. The number of aromatic nitrogens is 3. The monoisotopic (exact) mass is 313 g/mol. The standard InChI is InChI=1S/C17H23N5O/c1-11(2)16-20-17(22-21-16)13-5-3-4-6-14(13)19-15(23)10-18-9-12-7-8-12/h3-6,11-12,18H,7-10H2,1-2H3,(H,19,23)(H,20,21,22). The number of benzene rings is 1. The topological polar surface area (TPSA) is 82.7 Å². The zero-order valence-electron chi connectivity index (χ0n) is 13.6. The molecule has 1 aromatic carbocycles. The van der Waals surface area contributed by atoms with Crippen LogP contribution in [0.3, 0.4) is 0 Å². The van der Waals surface area contributed by atoms with Gasteiger partial charge < -0.3 is 10.6 Å². The van der Waals surface area contributed by atoms with Crippen molar-refractivity contribution in [3.05, 3.63) is 30.1 Å². The molecule has 1 fully saturated rings. The Morgan fingerprint density at radius 3 is 2.83 bits per heavy atom. The molecule has 0 atom stereocenters. The number of carbonyl (C=O) groups excluding carboxylic acids is 1. The fraction of sp³-hybridized carbons (Fsp3) is 0.471. The molecule has 0 bridgehead atoms.